The summed E-state index contributed by atoms with van der Waals surface area (Å²) in [6, 6.07) is 19.1. The molecule has 0 bridgehead atoms. The number of terminal acetylenes is 1. The number of aromatic nitrogens is 1. The number of carbonyl (C=O) groups is 1. The first-order valence-electron chi connectivity index (χ1n) is 12.6. The number of methoxy groups -OCH3 is 1. The van der Waals surface area contributed by atoms with Gasteiger partial charge in [-0.15, -0.1) is 6.42 Å². The number of carbonyl (C=O) groups excluding carboxylic acids is 1. The SMILES string of the molecule is C#CCOc1ccc2ccccc2c1/C=c1\sc2n(c1=O)C(c1ccc(C(C)C)cc1)C(C(=O)OC)=C(C)N=2. The zero-order valence-electron chi connectivity index (χ0n) is 22.2. The van der Waals surface area contributed by atoms with Crippen molar-refractivity contribution in [3.63, 3.8) is 0 Å². The standard InChI is InChI=1S/C32H28N2O4S/c1-6-17-38-26-16-15-22-9-7-8-10-24(22)25(26)18-27-30(35)34-29(23-13-11-21(12-14-23)19(2)3)28(31(36)37-5)20(4)33-32(34)39-27/h1,7-16,18-19,29H,17H2,2-5H3/b27-18-. The van der Waals surface area contributed by atoms with Gasteiger partial charge in [-0.1, -0.05) is 85.7 Å². The van der Waals surface area contributed by atoms with Gasteiger partial charge in [0, 0.05) is 5.56 Å². The first-order chi connectivity index (χ1) is 18.8. The predicted molar refractivity (Wildman–Crippen MR) is 155 cm³/mol. The summed E-state index contributed by atoms with van der Waals surface area (Å²) in [6.07, 6.45) is 7.28. The zero-order chi connectivity index (χ0) is 27.7. The third kappa shape index (κ3) is 4.80. The molecule has 6 nitrogen and oxygen atoms in total. The molecule has 0 amide bonds. The third-order valence-corrected chi connectivity index (χ3v) is 7.85. The molecule has 0 radical (unpaired) electrons. The second kappa shape index (κ2) is 10.8. The second-order valence-corrected chi connectivity index (χ2v) is 10.6. The summed E-state index contributed by atoms with van der Waals surface area (Å²) in [5, 5.41) is 1.95. The zero-order valence-corrected chi connectivity index (χ0v) is 23.0. The maximum absolute atomic E-state index is 14.0. The lowest BCUT2D eigenvalue weighted by Crippen LogP contribution is -2.39. The van der Waals surface area contributed by atoms with Crippen molar-refractivity contribution in [3.8, 4) is 18.1 Å². The lowest BCUT2D eigenvalue weighted by molar-refractivity contribution is -0.136. The van der Waals surface area contributed by atoms with Gasteiger partial charge in [0.1, 0.15) is 12.4 Å². The molecule has 196 valence electrons. The number of hydrogen-bond acceptors (Lipinski definition) is 6. The lowest BCUT2D eigenvalue weighted by Gasteiger charge is -2.24. The van der Waals surface area contributed by atoms with Crippen LogP contribution in [0.4, 0.5) is 0 Å². The van der Waals surface area contributed by atoms with E-state index in [1.165, 1.54) is 24.0 Å². The highest BCUT2D eigenvalue weighted by molar-refractivity contribution is 7.07. The largest absolute Gasteiger partial charge is 0.480 e. The molecular weight excluding hydrogens is 508 g/mol. The van der Waals surface area contributed by atoms with Crippen LogP contribution in [0, 0.1) is 12.3 Å². The van der Waals surface area contributed by atoms with E-state index in [2.05, 4.69) is 24.8 Å². The van der Waals surface area contributed by atoms with E-state index in [0.717, 1.165) is 21.9 Å². The van der Waals surface area contributed by atoms with E-state index < -0.39 is 12.0 Å². The van der Waals surface area contributed by atoms with Crippen molar-refractivity contribution in [2.75, 3.05) is 13.7 Å². The molecular formula is C32H28N2O4S. The molecule has 1 aromatic heterocycles. The fraction of sp³-hybridized carbons (Fsp3) is 0.219. The Labute approximate surface area is 230 Å². The Balaban J connectivity index is 1.76. The Hall–Kier alpha value is -4.41. The van der Waals surface area contributed by atoms with Crippen LogP contribution in [0.3, 0.4) is 0 Å². The quantitative estimate of drug-likeness (QED) is 0.265. The minimum absolute atomic E-state index is 0.106. The molecule has 3 aromatic carbocycles. The van der Waals surface area contributed by atoms with Crippen molar-refractivity contribution < 1.29 is 14.3 Å². The van der Waals surface area contributed by atoms with E-state index in [0.29, 0.717) is 32.3 Å². The summed E-state index contributed by atoms with van der Waals surface area (Å²) < 4.78 is 13.0. The number of allylic oxidation sites excluding steroid dienone is 1. The fourth-order valence-electron chi connectivity index (χ4n) is 4.87. The lowest BCUT2D eigenvalue weighted by atomic mass is 9.93. The Morgan fingerprint density at radius 3 is 2.59 bits per heavy atom. The molecule has 0 saturated carbocycles. The molecule has 1 aliphatic heterocycles. The summed E-state index contributed by atoms with van der Waals surface area (Å²) in [4.78, 5) is 32.2. The van der Waals surface area contributed by atoms with E-state index in [1.54, 1.807) is 11.5 Å². The Kier molecular flexibility index (Phi) is 7.23. The molecule has 1 atom stereocenters. The van der Waals surface area contributed by atoms with E-state index in [1.807, 2.05) is 66.7 Å². The number of benzene rings is 3. The summed E-state index contributed by atoms with van der Waals surface area (Å²) in [5.74, 6) is 2.93. The number of esters is 1. The Morgan fingerprint density at radius 2 is 1.90 bits per heavy atom. The van der Waals surface area contributed by atoms with E-state index >= 15 is 0 Å². The van der Waals surface area contributed by atoms with Crippen molar-refractivity contribution in [1.82, 2.24) is 4.57 Å². The molecule has 4 aromatic rings. The minimum atomic E-state index is -0.665. The maximum Gasteiger partial charge on any atom is 0.338 e. The van der Waals surface area contributed by atoms with Crippen LogP contribution < -0.4 is 19.6 Å². The molecule has 0 fully saturated rings. The van der Waals surface area contributed by atoms with Crippen LogP contribution in [0.25, 0.3) is 16.8 Å². The summed E-state index contributed by atoms with van der Waals surface area (Å²) in [5.41, 5.74) is 3.36. The van der Waals surface area contributed by atoms with Crippen LogP contribution in [-0.4, -0.2) is 24.3 Å². The van der Waals surface area contributed by atoms with Crippen molar-refractivity contribution in [2.45, 2.75) is 32.7 Å². The number of fused-ring (bicyclic) bond motifs is 2. The molecule has 7 heteroatoms. The first kappa shape index (κ1) is 26.2. The Morgan fingerprint density at radius 1 is 1.15 bits per heavy atom. The van der Waals surface area contributed by atoms with Crippen LogP contribution in [0.2, 0.25) is 0 Å². The minimum Gasteiger partial charge on any atom is -0.480 e. The van der Waals surface area contributed by atoms with Gasteiger partial charge in [-0.05, 0) is 46.9 Å². The average molecular weight is 537 g/mol. The summed E-state index contributed by atoms with van der Waals surface area (Å²) >= 11 is 1.28. The molecule has 0 aliphatic carbocycles. The highest BCUT2D eigenvalue weighted by Gasteiger charge is 2.33. The predicted octanol–water partition coefficient (Wildman–Crippen LogP) is 4.70. The topological polar surface area (TPSA) is 69.9 Å². The van der Waals surface area contributed by atoms with Crippen molar-refractivity contribution >= 4 is 34.2 Å². The van der Waals surface area contributed by atoms with E-state index in [-0.39, 0.29) is 12.2 Å². The molecule has 1 aliphatic rings. The van der Waals surface area contributed by atoms with Gasteiger partial charge in [0.2, 0.25) is 0 Å². The molecule has 0 spiro atoms. The van der Waals surface area contributed by atoms with Crippen molar-refractivity contribution in [1.29, 1.82) is 0 Å². The second-order valence-electron chi connectivity index (χ2n) is 9.59. The van der Waals surface area contributed by atoms with Gasteiger partial charge in [-0.25, -0.2) is 9.79 Å². The van der Waals surface area contributed by atoms with Crippen LogP contribution in [-0.2, 0) is 9.53 Å². The van der Waals surface area contributed by atoms with Gasteiger partial charge >= 0.3 is 5.97 Å². The Bertz CT molecular complexity index is 1840. The number of hydrogen-bond donors (Lipinski definition) is 0. The summed E-state index contributed by atoms with van der Waals surface area (Å²) in [7, 11) is 1.34. The van der Waals surface area contributed by atoms with Gasteiger partial charge in [-0.2, -0.15) is 0 Å². The first-order valence-corrected chi connectivity index (χ1v) is 13.4. The van der Waals surface area contributed by atoms with Gasteiger partial charge in [0.15, 0.2) is 4.80 Å². The molecule has 39 heavy (non-hydrogen) atoms. The average Bonchev–Trinajstić information content (AvgIpc) is 3.25. The maximum atomic E-state index is 14.0. The third-order valence-electron chi connectivity index (χ3n) is 6.86. The number of ether oxygens (including phenoxy) is 2. The van der Waals surface area contributed by atoms with Gasteiger partial charge in [0.25, 0.3) is 5.56 Å². The van der Waals surface area contributed by atoms with Crippen LogP contribution in [0.15, 0.2) is 81.7 Å². The normalized spacial score (nSPS) is 15.2. The number of nitrogens with zero attached hydrogens (tertiary/aromatic N) is 2. The van der Waals surface area contributed by atoms with Crippen LogP contribution in [0.1, 0.15) is 49.4 Å². The monoisotopic (exact) mass is 536 g/mol. The van der Waals surface area contributed by atoms with Gasteiger partial charge in [0.05, 0.1) is 29.0 Å². The summed E-state index contributed by atoms with van der Waals surface area (Å²) in [6.45, 7) is 6.12. The molecule has 0 saturated heterocycles. The molecule has 5 rings (SSSR count). The smallest absolute Gasteiger partial charge is 0.338 e. The van der Waals surface area contributed by atoms with Crippen molar-refractivity contribution in [2.24, 2.45) is 4.99 Å². The molecule has 1 unspecified atom stereocenters. The number of rotatable bonds is 6. The highest BCUT2D eigenvalue weighted by atomic mass is 32.1. The highest BCUT2D eigenvalue weighted by Crippen LogP contribution is 2.32. The number of thiazole rings is 1. The van der Waals surface area contributed by atoms with Gasteiger partial charge in [-0.3, -0.25) is 9.36 Å². The fourth-order valence-corrected chi connectivity index (χ4v) is 5.90. The van der Waals surface area contributed by atoms with Gasteiger partial charge < -0.3 is 9.47 Å². The van der Waals surface area contributed by atoms with Crippen molar-refractivity contribution in [3.05, 3.63) is 108 Å². The molecule has 0 N–H and O–H groups in total. The van der Waals surface area contributed by atoms with E-state index in [9.17, 15) is 9.59 Å². The molecule has 2 heterocycles. The van der Waals surface area contributed by atoms with Crippen LogP contribution >= 0.6 is 11.3 Å². The van der Waals surface area contributed by atoms with E-state index in [4.69, 9.17) is 15.9 Å². The van der Waals surface area contributed by atoms with Crippen LogP contribution in [0.5, 0.6) is 5.75 Å².